The summed E-state index contributed by atoms with van der Waals surface area (Å²) < 4.78 is 19.3. The monoisotopic (exact) mass is 784 g/mol. The average molecular weight is 784 g/mol. The van der Waals surface area contributed by atoms with E-state index in [2.05, 4.69) is 50.5 Å². The predicted molar refractivity (Wildman–Crippen MR) is 173 cm³/mol. The third-order valence-corrected chi connectivity index (χ3v) is 7.98. The maximum absolute atomic E-state index is 13.0. The molecule has 4 rings (SSSR count). The van der Waals surface area contributed by atoms with Crippen molar-refractivity contribution in [3.8, 4) is 17.2 Å². The zero-order chi connectivity index (χ0) is 28.6. The molecule has 0 radical (unpaired) electrons. The molecule has 1 saturated heterocycles. The second-order valence-electron chi connectivity index (χ2n) is 8.45. The molecule has 0 spiro atoms. The maximum Gasteiger partial charge on any atom is 0.294 e. The molecule has 1 N–H and O–H groups in total. The third kappa shape index (κ3) is 7.91. The van der Waals surface area contributed by atoms with Crippen LogP contribution >= 0.6 is 56.9 Å². The second-order valence-corrected chi connectivity index (χ2v) is 11.9. The molecule has 0 aliphatic carbocycles. The molecule has 40 heavy (non-hydrogen) atoms. The first-order valence-corrected chi connectivity index (χ1v) is 15.4. The van der Waals surface area contributed by atoms with Crippen molar-refractivity contribution in [1.29, 1.82) is 0 Å². The molecule has 11 heteroatoms. The van der Waals surface area contributed by atoms with Crippen LogP contribution in [0, 0.1) is 7.14 Å². The van der Waals surface area contributed by atoms with E-state index in [0.29, 0.717) is 48.3 Å². The van der Waals surface area contributed by atoms with Crippen LogP contribution in [-0.2, 0) is 16.2 Å². The number of benzene rings is 3. The van der Waals surface area contributed by atoms with Crippen molar-refractivity contribution in [1.82, 2.24) is 4.90 Å². The number of nitrogens with zero attached hydrogens (tertiary/aromatic N) is 1. The van der Waals surface area contributed by atoms with Crippen LogP contribution in [0.15, 0.2) is 65.6 Å². The quantitative estimate of drug-likeness (QED) is 0.166. The number of thioether (sulfide) groups is 1. The van der Waals surface area contributed by atoms with Crippen molar-refractivity contribution in [3.05, 3.63) is 83.8 Å². The molecule has 0 atom stereocenters. The Balaban J connectivity index is 1.45. The highest BCUT2D eigenvalue weighted by Gasteiger charge is 2.36. The molecule has 1 aliphatic heterocycles. The molecule has 0 unspecified atom stereocenters. The molecular weight excluding hydrogens is 758 g/mol. The minimum absolute atomic E-state index is 0.227. The fourth-order valence-corrected chi connectivity index (χ4v) is 5.72. The number of anilines is 1. The summed E-state index contributed by atoms with van der Waals surface area (Å²) in [6, 6.07) is 18.6. The van der Waals surface area contributed by atoms with Crippen molar-refractivity contribution in [2.24, 2.45) is 0 Å². The average Bonchev–Trinajstić information content (AvgIpc) is 3.18. The van der Waals surface area contributed by atoms with Gasteiger partial charge in [0.05, 0.1) is 21.7 Å². The van der Waals surface area contributed by atoms with E-state index in [-0.39, 0.29) is 11.4 Å². The number of imide groups is 1. The summed E-state index contributed by atoms with van der Waals surface area (Å²) in [5, 5.41) is 2.20. The fraction of sp³-hybridized carbons (Fsp3) is 0.207. The van der Waals surface area contributed by atoms with Crippen LogP contribution in [0.2, 0.25) is 0 Å². The van der Waals surface area contributed by atoms with Gasteiger partial charge in [0, 0.05) is 9.26 Å². The highest BCUT2D eigenvalue weighted by Crippen LogP contribution is 2.38. The van der Waals surface area contributed by atoms with Gasteiger partial charge in [0.1, 0.15) is 18.9 Å². The van der Waals surface area contributed by atoms with E-state index in [1.54, 1.807) is 36.4 Å². The minimum atomic E-state index is -0.524. The van der Waals surface area contributed by atoms with E-state index in [1.807, 2.05) is 44.2 Å². The highest BCUT2D eigenvalue weighted by molar-refractivity contribution is 14.1. The van der Waals surface area contributed by atoms with Gasteiger partial charge in [0.2, 0.25) is 5.91 Å². The van der Waals surface area contributed by atoms with Gasteiger partial charge in [-0.2, -0.15) is 0 Å². The zero-order valence-corrected chi connectivity index (χ0v) is 26.9. The van der Waals surface area contributed by atoms with Gasteiger partial charge in [-0.05, 0) is 137 Å². The Bertz CT molecular complexity index is 1430. The summed E-state index contributed by atoms with van der Waals surface area (Å²) in [6.07, 6.45) is 1.63. The Hall–Kier alpha value is -2.78. The Kier molecular flexibility index (Phi) is 10.7. The van der Waals surface area contributed by atoms with Crippen LogP contribution in [0.5, 0.6) is 17.2 Å². The van der Waals surface area contributed by atoms with E-state index in [0.717, 1.165) is 29.4 Å². The summed E-state index contributed by atoms with van der Waals surface area (Å²) in [5.74, 6) is 0.834. The first-order chi connectivity index (χ1) is 19.3. The van der Waals surface area contributed by atoms with Gasteiger partial charge in [-0.15, -0.1) is 0 Å². The van der Waals surface area contributed by atoms with E-state index < -0.39 is 17.1 Å². The van der Waals surface area contributed by atoms with E-state index in [1.165, 1.54) is 0 Å². The topological polar surface area (TPSA) is 94.2 Å². The van der Waals surface area contributed by atoms with Gasteiger partial charge in [-0.25, -0.2) is 0 Å². The molecule has 1 aliphatic rings. The number of rotatable bonds is 11. The lowest BCUT2D eigenvalue weighted by molar-refractivity contribution is -0.127. The van der Waals surface area contributed by atoms with Crippen molar-refractivity contribution in [2.45, 2.75) is 20.5 Å². The summed E-state index contributed by atoms with van der Waals surface area (Å²) in [6.45, 7) is 4.73. The molecule has 1 fully saturated rings. The van der Waals surface area contributed by atoms with Gasteiger partial charge in [0.25, 0.3) is 11.1 Å². The Labute approximate surface area is 264 Å². The fourth-order valence-electron chi connectivity index (χ4n) is 3.74. The Morgan fingerprint density at radius 3 is 2.33 bits per heavy atom. The van der Waals surface area contributed by atoms with Gasteiger partial charge >= 0.3 is 0 Å². The first kappa shape index (κ1) is 30.2. The van der Waals surface area contributed by atoms with Crippen molar-refractivity contribution in [3.63, 3.8) is 0 Å². The second kappa shape index (κ2) is 14.2. The van der Waals surface area contributed by atoms with Crippen LogP contribution in [-0.4, -0.2) is 41.7 Å². The van der Waals surface area contributed by atoms with Crippen LogP contribution in [0.4, 0.5) is 10.5 Å². The number of amides is 3. The van der Waals surface area contributed by atoms with Crippen LogP contribution < -0.4 is 19.5 Å². The van der Waals surface area contributed by atoms with Gasteiger partial charge in [0.15, 0.2) is 11.5 Å². The van der Waals surface area contributed by atoms with E-state index in [4.69, 9.17) is 14.2 Å². The van der Waals surface area contributed by atoms with Gasteiger partial charge in [-0.3, -0.25) is 19.3 Å². The molecule has 0 aromatic heterocycles. The highest BCUT2D eigenvalue weighted by atomic mass is 127. The van der Waals surface area contributed by atoms with E-state index in [9.17, 15) is 14.4 Å². The van der Waals surface area contributed by atoms with Crippen LogP contribution in [0.3, 0.4) is 0 Å². The Morgan fingerprint density at radius 1 is 0.950 bits per heavy atom. The molecule has 3 aromatic rings. The molecule has 0 saturated carbocycles. The lowest BCUT2D eigenvalue weighted by Gasteiger charge is -2.15. The largest absolute Gasteiger partial charge is 0.494 e. The van der Waals surface area contributed by atoms with Crippen molar-refractivity contribution < 1.29 is 28.6 Å². The van der Waals surface area contributed by atoms with Crippen LogP contribution in [0.25, 0.3) is 6.08 Å². The molecule has 3 aromatic carbocycles. The third-order valence-electron chi connectivity index (χ3n) is 5.55. The summed E-state index contributed by atoms with van der Waals surface area (Å²) in [7, 11) is 0. The smallest absolute Gasteiger partial charge is 0.294 e. The van der Waals surface area contributed by atoms with Crippen LogP contribution in [0.1, 0.15) is 25.0 Å². The molecular formula is C29H26I2N2O6S. The lowest BCUT2D eigenvalue weighted by atomic mass is 10.1. The first-order valence-electron chi connectivity index (χ1n) is 12.4. The summed E-state index contributed by atoms with van der Waals surface area (Å²) >= 11 is 5.22. The molecule has 208 valence electrons. The molecule has 0 bridgehead atoms. The van der Waals surface area contributed by atoms with Gasteiger partial charge in [-0.1, -0.05) is 12.1 Å². The minimum Gasteiger partial charge on any atom is -0.494 e. The molecule has 3 amide bonds. The standard InChI is InChI=1S/C29H26I2N2O6S/c1-3-37-22-11-9-21(10-12-22)32-26(34)16-33-28(35)25(40-29(33)36)15-19-13-23(31)27(24(14-19)38-4-2)39-17-18-5-7-20(30)8-6-18/h5-15H,3-4,16-17H2,1-2H3,(H,32,34)/b25-15+. The van der Waals surface area contributed by atoms with E-state index >= 15 is 0 Å². The number of halogens is 2. The number of nitrogens with one attached hydrogen (secondary N) is 1. The van der Waals surface area contributed by atoms with Crippen molar-refractivity contribution in [2.75, 3.05) is 25.1 Å². The lowest BCUT2D eigenvalue weighted by Crippen LogP contribution is -2.36. The number of carbonyl (C=O) groups excluding carboxylic acids is 3. The van der Waals surface area contributed by atoms with Gasteiger partial charge < -0.3 is 19.5 Å². The summed E-state index contributed by atoms with van der Waals surface area (Å²) in [4.78, 5) is 39.4. The van der Waals surface area contributed by atoms with Crippen molar-refractivity contribution >= 4 is 85.8 Å². The number of carbonyl (C=O) groups is 3. The maximum atomic E-state index is 13.0. The molecule has 8 nitrogen and oxygen atoms in total. The number of ether oxygens (including phenoxy) is 3. The normalized spacial score (nSPS) is 14.0. The zero-order valence-electron chi connectivity index (χ0n) is 21.7. The Morgan fingerprint density at radius 2 is 1.65 bits per heavy atom. The molecule has 1 heterocycles. The summed E-state index contributed by atoms with van der Waals surface area (Å²) in [5.41, 5.74) is 2.25. The number of hydrogen-bond acceptors (Lipinski definition) is 7. The SMILES string of the molecule is CCOc1ccc(NC(=O)CN2C(=O)S/C(=C/c3cc(I)c(OCc4ccc(I)cc4)c(OCC)c3)C2=O)cc1. The number of hydrogen-bond donors (Lipinski definition) is 1. The predicted octanol–water partition coefficient (Wildman–Crippen LogP) is 6.95.